The van der Waals surface area contributed by atoms with Gasteiger partial charge in [0.05, 0.1) is 12.5 Å². The molecule has 3 heteroatoms. The molecule has 74 valence electrons. The van der Waals surface area contributed by atoms with Crippen LogP contribution < -0.4 is 0 Å². The lowest BCUT2D eigenvalue weighted by atomic mass is 10.2. The SMILES string of the molecule is CC(CC#N)N1CCC(N(C)C)C1. The van der Waals surface area contributed by atoms with Crippen molar-refractivity contribution < 1.29 is 0 Å². The molecule has 0 radical (unpaired) electrons. The van der Waals surface area contributed by atoms with E-state index in [9.17, 15) is 0 Å². The highest BCUT2D eigenvalue weighted by Crippen LogP contribution is 2.16. The van der Waals surface area contributed by atoms with E-state index >= 15 is 0 Å². The van der Waals surface area contributed by atoms with Crippen LogP contribution in [0.15, 0.2) is 0 Å². The van der Waals surface area contributed by atoms with E-state index in [4.69, 9.17) is 5.26 Å². The summed E-state index contributed by atoms with van der Waals surface area (Å²) >= 11 is 0. The van der Waals surface area contributed by atoms with Gasteiger partial charge in [0, 0.05) is 25.2 Å². The highest BCUT2D eigenvalue weighted by molar-refractivity contribution is 4.87. The first kappa shape index (κ1) is 10.5. The second-order valence-electron chi connectivity index (χ2n) is 4.11. The summed E-state index contributed by atoms with van der Waals surface area (Å²) in [6.45, 7) is 4.41. The smallest absolute Gasteiger partial charge is 0.0638 e. The molecule has 1 heterocycles. The molecule has 0 amide bonds. The molecule has 2 atom stereocenters. The van der Waals surface area contributed by atoms with Crippen LogP contribution in [-0.4, -0.2) is 49.1 Å². The summed E-state index contributed by atoms with van der Waals surface area (Å²) in [6.07, 6.45) is 1.89. The largest absolute Gasteiger partial charge is 0.305 e. The topological polar surface area (TPSA) is 30.3 Å². The molecular weight excluding hydrogens is 162 g/mol. The van der Waals surface area contributed by atoms with Crippen LogP contribution in [0.25, 0.3) is 0 Å². The maximum atomic E-state index is 8.59. The number of rotatable bonds is 3. The Labute approximate surface area is 80.9 Å². The first-order valence-corrected chi connectivity index (χ1v) is 4.92. The Morgan fingerprint density at radius 3 is 2.77 bits per heavy atom. The molecule has 1 aliphatic heterocycles. The van der Waals surface area contributed by atoms with Crippen molar-refractivity contribution in [2.45, 2.75) is 31.8 Å². The van der Waals surface area contributed by atoms with Crippen molar-refractivity contribution in [1.29, 1.82) is 5.26 Å². The molecule has 0 bridgehead atoms. The molecule has 0 aromatic rings. The van der Waals surface area contributed by atoms with Crippen LogP contribution in [0, 0.1) is 11.3 Å². The predicted octanol–water partition coefficient (Wildman–Crippen LogP) is 0.924. The third kappa shape index (κ3) is 2.68. The van der Waals surface area contributed by atoms with Gasteiger partial charge in [0.1, 0.15) is 0 Å². The van der Waals surface area contributed by atoms with E-state index in [1.165, 1.54) is 6.42 Å². The summed E-state index contributed by atoms with van der Waals surface area (Å²) in [5.41, 5.74) is 0. The van der Waals surface area contributed by atoms with E-state index in [0.29, 0.717) is 18.5 Å². The van der Waals surface area contributed by atoms with Crippen LogP contribution in [0.5, 0.6) is 0 Å². The third-order valence-corrected chi connectivity index (χ3v) is 2.94. The molecule has 3 nitrogen and oxygen atoms in total. The van der Waals surface area contributed by atoms with Gasteiger partial charge in [-0.1, -0.05) is 0 Å². The third-order valence-electron chi connectivity index (χ3n) is 2.94. The summed E-state index contributed by atoms with van der Waals surface area (Å²) in [5, 5.41) is 8.59. The van der Waals surface area contributed by atoms with E-state index in [1.807, 2.05) is 0 Å². The highest BCUT2D eigenvalue weighted by Gasteiger charge is 2.26. The number of nitrogens with zero attached hydrogens (tertiary/aromatic N) is 3. The molecule has 0 spiro atoms. The maximum Gasteiger partial charge on any atom is 0.0638 e. The summed E-state index contributed by atoms with van der Waals surface area (Å²) in [5.74, 6) is 0. The average molecular weight is 181 g/mol. The van der Waals surface area contributed by atoms with E-state index in [2.05, 4.69) is 36.9 Å². The zero-order valence-corrected chi connectivity index (χ0v) is 8.82. The minimum absolute atomic E-state index is 0.426. The van der Waals surface area contributed by atoms with Gasteiger partial charge >= 0.3 is 0 Å². The quantitative estimate of drug-likeness (QED) is 0.648. The monoisotopic (exact) mass is 181 g/mol. The van der Waals surface area contributed by atoms with Gasteiger partial charge in [0.2, 0.25) is 0 Å². The van der Waals surface area contributed by atoms with Crippen LogP contribution in [0.3, 0.4) is 0 Å². The van der Waals surface area contributed by atoms with Crippen LogP contribution in [0.4, 0.5) is 0 Å². The van der Waals surface area contributed by atoms with E-state index in [0.717, 1.165) is 13.1 Å². The molecule has 0 aromatic carbocycles. The van der Waals surface area contributed by atoms with Crippen molar-refractivity contribution in [3.63, 3.8) is 0 Å². The molecule has 1 aliphatic rings. The Balaban J connectivity index is 2.37. The molecule has 0 aromatic heterocycles. The van der Waals surface area contributed by atoms with Gasteiger partial charge in [-0.15, -0.1) is 0 Å². The first-order valence-electron chi connectivity index (χ1n) is 4.92. The lowest BCUT2D eigenvalue weighted by Gasteiger charge is -2.23. The van der Waals surface area contributed by atoms with E-state index in [-0.39, 0.29) is 0 Å². The van der Waals surface area contributed by atoms with Gasteiger partial charge in [-0.3, -0.25) is 4.90 Å². The van der Waals surface area contributed by atoms with E-state index < -0.39 is 0 Å². The zero-order valence-electron chi connectivity index (χ0n) is 8.82. The number of hydrogen-bond donors (Lipinski definition) is 0. The Bertz CT molecular complexity index is 195. The summed E-state index contributed by atoms with van der Waals surface area (Å²) < 4.78 is 0. The minimum atomic E-state index is 0.426. The normalized spacial score (nSPS) is 26.2. The highest BCUT2D eigenvalue weighted by atomic mass is 15.2. The van der Waals surface area contributed by atoms with Crippen molar-refractivity contribution in [1.82, 2.24) is 9.80 Å². The zero-order chi connectivity index (χ0) is 9.84. The van der Waals surface area contributed by atoms with Crippen LogP contribution in [0.1, 0.15) is 19.8 Å². The Hall–Kier alpha value is -0.590. The fourth-order valence-corrected chi connectivity index (χ4v) is 1.85. The van der Waals surface area contributed by atoms with E-state index in [1.54, 1.807) is 0 Å². The number of hydrogen-bond acceptors (Lipinski definition) is 3. The van der Waals surface area contributed by atoms with Crippen molar-refractivity contribution in [2.75, 3.05) is 27.2 Å². The molecule has 1 rings (SSSR count). The minimum Gasteiger partial charge on any atom is -0.305 e. The second kappa shape index (κ2) is 4.59. The van der Waals surface area contributed by atoms with Gasteiger partial charge in [0.25, 0.3) is 0 Å². The standard InChI is InChI=1S/C10H19N3/c1-9(4-6-11)13-7-5-10(8-13)12(2)3/h9-10H,4-5,7-8H2,1-3H3. The number of likely N-dealkylation sites (N-methyl/N-ethyl adjacent to an activating group) is 1. The van der Waals surface area contributed by atoms with Gasteiger partial charge < -0.3 is 4.90 Å². The lowest BCUT2D eigenvalue weighted by molar-refractivity contribution is 0.228. The summed E-state index contributed by atoms with van der Waals surface area (Å²) in [7, 11) is 4.26. The Kier molecular flexibility index (Phi) is 3.71. The molecule has 1 fully saturated rings. The number of likely N-dealkylation sites (tertiary alicyclic amines) is 1. The van der Waals surface area contributed by atoms with Gasteiger partial charge in [0.15, 0.2) is 0 Å². The van der Waals surface area contributed by atoms with Gasteiger partial charge in [-0.25, -0.2) is 0 Å². The maximum absolute atomic E-state index is 8.59. The predicted molar refractivity (Wildman–Crippen MR) is 53.4 cm³/mol. The van der Waals surface area contributed by atoms with Crippen LogP contribution in [0.2, 0.25) is 0 Å². The average Bonchev–Trinajstić information content (AvgIpc) is 2.52. The molecule has 0 aliphatic carbocycles. The molecule has 1 saturated heterocycles. The second-order valence-corrected chi connectivity index (χ2v) is 4.11. The molecule has 0 N–H and O–H groups in total. The summed E-state index contributed by atoms with van der Waals surface area (Å²) in [4.78, 5) is 4.69. The molecule has 0 saturated carbocycles. The number of nitriles is 1. The Morgan fingerprint density at radius 2 is 2.31 bits per heavy atom. The molecule has 2 unspecified atom stereocenters. The molecular formula is C10H19N3. The van der Waals surface area contributed by atoms with Crippen molar-refractivity contribution in [2.24, 2.45) is 0 Å². The van der Waals surface area contributed by atoms with Gasteiger partial charge in [-0.05, 0) is 27.4 Å². The first-order chi connectivity index (χ1) is 6.15. The Morgan fingerprint density at radius 1 is 1.62 bits per heavy atom. The van der Waals surface area contributed by atoms with Gasteiger partial charge in [-0.2, -0.15) is 5.26 Å². The fourth-order valence-electron chi connectivity index (χ4n) is 1.85. The van der Waals surface area contributed by atoms with Crippen molar-refractivity contribution >= 4 is 0 Å². The lowest BCUT2D eigenvalue weighted by Crippen LogP contribution is -2.35. The van der Waals surface area contributed by atoms with Crippen LogP contribution >= 0.6 is 0 Å². The summed E-state index contributed by atoms with van der Waals surface area (Å²) in [6, 6.07) is 3.34. The fraction of sp³-hybridized carbons (Fsp3) is 0.900. The van der Waals surface area contributed by atoms with Crippen LogP contribution in [-0.2, 0) is 0 Å². The molecule has 13 heavy (non-hydrogen) atoms. The van der Waals surface area contributed by atoms with Crippen molar-refractivity contribution in [3.8, 4) is 6.07 Å². The van der Waals surface area contributed by atoms with Crippen molar-refractivity contribution in [3.05, 3.63) is 0 Å².